The largest absolute Gasteiger partial charge is 0.384 e. The highest BCUT2D eigenvalue weighted by Crippen LogP contribution is 2.25. The van der Waals surface area contributed by atoms with Crippen molar-refractivity contribution < 1.29 is 0 Å². The Morgan fingerprint density at radius 3 is 2.42 bits per heavy atom. The van der Waals surface area contributed by atoms with Gasteiger partial charge in [0, 0.05) is 12.6 Å². The van der Waals surface area contributed by atoms with Gasteiger partial charge in [-0.25, -0.2) is 0 Å². The lowest BCUT2D eigenvalue weighted by Gasteiger charge is -2.18. The molecule has 1 heterocycles. The fraction of sp³-hybridized carbons (Fsp3) is 0.357. The Balaban J connectivity index is 2.32. The summed E-state index contributed by atoms with van der Waals surface area (Å²) >= 11 is 0. The average Bonchev–Trinajstić information content (AvgIpc) is 2.71. The Kier molecular flexibility index (Phi) is 3.87. The van der Waals surface area contributed by atoms with E-state index >= 15 is 0 Å². The van der Waals surface area contributed by atoms with Crippen LogP contribution < -0.4 is 17.0 Å². The monoisotopic (exact) mass is 259 g/mol. The summed E-state index contributed by atoms with van der Waals surface area (Å²) in [5.41, 5.74) is 13.6. The van der Waals surface area contributed by atoms with Gasteiger partial charge in [0.15, 0.2) is 0 Å². The average molecular weight is 259 g/mol. The van der Waals surface area contributed by atoms with Crippen molar-refractivity contribution in [2.45, 2.75) is 26.3 Å². The molecule has 1 aromatic heterocycles. The first kappa shape index (κ1) is 13.6. The van der Waals surface area contributed by atoms with Gasteiger partial charge in [0.1, 0.15) is 5.82 Å². The number of nitrogen functional groups attached to an aromatic ring is 1. The maximum atomic E-state index is 6.01. The Morgan fingerprint density at radius 1 is 1.32 bits per heavy atom. The molecule has 1 aromatic carbocycles. The molecular weight excluding hydrogens is 238 g/mol. The normalized spacial score (nSPS) is 12.6. The van der Waals surface area contributed by atoms with Gasteiger partial charge in [-0.05, 0) is 37.0 Å². The van der Waals surface area contributed by atoms with E-state index in [-0.39, 0.29) is 6.04 Å². The summed E-state index contributed by atoms with van der Waals surface area (Å²) in [5, 5.41) is 4.17. The van der Waals surface area contributed by atoms with Gasteiger partial charge in [-0.2, -0.15) is 5.10 Å². The molecule has 19 heavy (non-hydrogen) atoms. The number of hydrogen-bond acceptors (Lipinski definition) is 4. The van der Waals surface area contributed by atoms with Crippen LogP contribution in [0, 0.1) is 13.8 Å². The van der Waals surface area contributed by atoms with Crippen LogP contribution in [0.15, 0.2) is 24.4 Å². The van der Waals surface area contributed by atoms with E-state index in [1.807, 2.05) is 7.05 Å². The molecule has 0 aliphatic heterocycles. The highest BCUT2D eigenvalue weighted by atomic mass is 15.3. The molecule has 0 amide bonds. The van der Waals surface area contributed by atoms with Crippen molar-refractivity contribution in [1.82, 2.24) is 15.2 Å². The highest BCUT2D eigenvalue weighted by Gasteiger charge is 2.18. The van der Waals surface area contributed by atoms with Crippen LogP contribution in [-0.2, 0) is 13.5 Å². The first-order valence-electron chi connectivity index (χ1n) is 6.33. The molecule has 2 aromatic rings. The van der Waals surface area contributed by atoms with Crippen molar-refractivity contribution in [2.24, 2.45) is 12.9 Å². The second-order valence-corrected chi connectivity index (χ2v) is 4.90. The zero-order chi connectivity index (χ0) is 14.0. The quantitative estimate of drug-likeness (QED) is 0.572. The van der Waals surface area contributed by atoms with Crippen molar-refractivity contribution in [3.05, 3.63) is 46.6 Å². The molecule has 0 bridgehead atoms. The molecule has 0 saturated carbocycles. The van der Waals surface area contributed by atoms with Gasteiger partial charge >= 0.3 is 0 Å². The third-order valence-corrected chi connectivity index (χ3v) is 3.64. The lowest BCUT2D eigenvalue weighted by molar-refractivity contribution is 0.551. The molecule has 5 N–H and O–H groups in total. The van der Waals surface area contributed by atoms with Crippen LogP contribution in [0.3, 0.4) is 0 Å². The zero-order valence-corrected chi connectivity index (χ0v) is 11.6. The number of hydrazine groups is 1. The summed E-state index contributed by atoms with van der Waals surface area (Å²) in [6, 6.07) is 6.26. The minimum atomic E-state index is -0.0338. The molecule has 0 saturated heterocycles. The van der Waals surface area contributed by atoms with Crippen molar-refractivity contribution in [1.29, 1.82) is 0 Å². The molecule has 2 rings (SSSR count). The van der Waals surface area contributed by atoms with Gasteiger partial charge in [0.25, 0.3) is 0 Å². The van der Waals surface area contributed by atoms with E-state index in [0.717, 1.165) is 12.0 Å². The zero-order valence-electron chi connectivity index (χ0n) is 11.6. The second kappa shape index (κ2) is 5.42. The molecule has 0 aliphatic rings. The minimum Gasteiger partial charge on any atom is -0.384 e. The molecule has 5 heteroatoms. The Bertz CT molecular complexity index is 553. The number of anilines is 1. The smallest absolute Gasteiger partial charge is 0.126 e. The summed E-state index contributed by atoms with van der Waals surface area (Å²) < 4.78 is 1.66. The third-order valence-electron chi connectivity index (χ3n) is 3.64. The van der Waals surface area contributed by atoms with E-state index in [4.69, 9.17) is 11.6 Å². The van der Waals surface area contributed by atoms with Crippen LogP contribution in [0.2, 0.25) is 0 Å². The number of benzene rings is 1. The van der Waals surface area contributed by atoms with Crippen LogP contribution in [0.4, 0.5) is 5.82 Å². The summed E-state index contributed by atoms with van der Waals surface area (Å²) in [7, 11) is 1.82. The number of aromatic nitrogens is 2. The molecule has 1 atom stereocenters. The van der Waals surface area contributed by atoms with Crippen molar-refractivity contribution in [3.8, 4) is 0 Å². The predicted octanol–water partition coefficient (Wildman–Crippen LogP) is 1.37. The molecular formula is C14H21N5. The van der Waals surface area contributed by atoms with Crippen LogP contribution in [0.1, 0.15) is 28.3 Å². The highest BCUT2D eigenvalue weighted by molar-refractivity contribution is 5.43. The predicted molar refractivity (Wildman–Crippen MR) is 77.3 cm³/mol. The van der Waals surface area contributed by atoms with Gasteiger partial charge < -0.3 is 5.73 Å². The van der Waals surface area contributed by atoms with Crippen LogP contribution in [-0.4, -0.2) is 9.78 Å². The standard InChI is InChI=1S/C14H21N5/c1-9-5-4-6-10(2)11(9)7-13(18-16)12-8-17-19(3)14(12)15/h4-6,8,13,18H,7,15-16H2,1-3H3. The first-order chi connectivity index (χ1) is 9.04. The maximum Gasteiger partial charge on any atom is 0.126 e. The van der Waals surface area contributed by atoms with Crippen LogP contribution in [0.25, 0.3) is 0 Å². The lowest BCUT2D eigenvalue weighted by Crippen LogP contribution is -2.30. The third kappa shape index (κ3) is 2.62. The van der Waals surface area contributed by atoms with Gasteiger partial charge in [0.05, 0.1) is 12.2 Å². The fourth-order valence-corrected chi connectivity index (χ4v) is 2.37. The number of aryl methyl sites for hydroxylation is 3. The van der Waals surface area contributed by atoms with E-state index in [2.05, 4.69) is 42.6 Å². The molecule has 0 fully saturated rings. The van der Waals surface area contributed by atoms with Gasteiger partial charge in [-0.15, -0.1) is 0 Å². The van der Waals surface area contributed by atoms with Crippen LogP contribution >= 0.6 is 0 Å². The first-order valence-corrected chi connectivity index (χ1v) is 6.33. The number of nitrogens with two attached hydrogens (primary N) is 2. The Labute approximate surface area is 113 Å². The number of rotatable bonds is 4. The maximum absolute atomic E-state index is 6.01. The number of hydrogen-bond donors (Lipinski definition) is 3. The van der Waals surface area contributed by atoms with Gasteiger partial charge in [-0.3, -0.25) is 16.0 Å². The Morgan fingerprint density at radius 2 is 1.95 bits per heavy atom. The van der Waals surface area contributed by atoms with E-state index in [1.54, 1.807) is 10.9 Å². The minimum absolute atomic E-state index is 0.0338. The molecule has 5 nitrogen and oxygen atoms in total. The molecule has 0 radical (unpaired) electrons. The lowest BCUT2D eigenvalue weighted by atomic mass is 9.94. The molecule has 1 unspecified atom stereocenters. The van der Waals surface area contributed by atoms with Crippen LogP contribution in [0.5, 0.6) is 0 Å². The SMILES string of the molecule is Cc1cccc(C)c1CC(NN)c1cnn(C)c1N. The summed E-state index contributed by atoms with van der Waals surface area (Å²) in [5.74, 6) is 6.34. The topological polar surface area (TPSA) is 81.9 Å². The Hall–Kier alpha value is -1.85. The summed E-state index contributed by atoms with van der Waals surface area (Å²) in [6.07, 6.45) is 2.57. The number of nitrogens with zero attached hydrogens (tertiary/aromatic N) is 2. The van der Waals surface area contributed by atoms with Crippen molar-refractivity contribution >= 4 is 5.82 Å². The molecule has 102 valence electrons. The van der Waals surface area contributed by atoms with Crippen molar-refractivity contribution in [2.75, 3.05) is 5.73 Å². The second-order valence-electron chi connectivity index (χ2n) is 4.90. The fourth-order valence-electron chi connectivity index (χ4n) is 2.37. The van der Waals surface area contributed by atoms with Gasteiger partial charge in [-0.1, -0.05) is 18.2 Å². The summed E-state index contributed by atoms with van der Waals surface area (Å²) in [6.45, 7) is 4.23. The molecule has 0 aliphatic carbocycles. The van der Waals surface area contributed by atoms with Crippen molar-refractivity contribution in [3.63, 3.8) is 0 Å². The molecule has 0 spiro atoms. The van der Waals surface area contributed by atoms with Gasteiger partial charge in [0.2, 0.25) is 0 Å². The van der Waals surface area contributed by atoms with E-state index in [1.165, 1.54) is 16.7 Å². The van der Waals surface area contributed by atoms with E-state index in [0.29, 0.717) is 5.82 Å². The van der Waals surface area contributed by atoms with E-state index < -0.39 is 0 Å². The number of nitrogens with one attached hydrogen (secondary N) is 1. The summed E-state index contributed by atoms with van der Waals surface area (Å²) in [4.78, 5) is 0. The van der Waals surface area contributed by atoms with E-state index in [9.17, 15) is 0 Å².